The van der Waals surface area contributed by atoms with Crippen LogP contribution >= 0.6 is 0 Å². The van der Waals surface area contributed by atoms with Gasteiger partial charge < -0.3 is 4.98 Å². The Balaban J connectivity index is 2.13. The minimum Gasteiger partial charge on any atom is -0.306 e. The molecule has 0 radical (unpaired) electrons. The van der Waals surface area contributed by atoms with Gasteiger partial charge in [0.25, 0.3) is 5.56 Å². The maximum atomic E-state index is 12.1. The van der Waals surface area contributed by atoms with Crippen LogP contribution in [0.4, 0.5) is 5.95 Å². The van der Waals surface area contributed by atoms with Crippen molar-refractivity contribution >= 4 is 22.9 Å². The van der Waals surface area contributed by atoms with Gasteiger partial charge in [-0.3, -0.25) is 14.9 Å². The summed E-state index contributed by atoms with van der Waals surface area (Å²) >= 11 is 0. The van der Waals surface area contributed by atoms with Gasteiger partial charge in [0, 0.05) is 11.8 Å². The quantitative estimate of drug-likeness (QED) is 0.713. The third-order valence-electron chi connectivity index (χ3n) is 2.93. The first-order valence-corrected chi connectivity index (χ1v) is 6.43. The van der Waals surface area contributed by atoms with Gasteiger partial charge in [0.15, 0.2) is 5.65 Å². The van der Waals surface area contributed by atoms with Crippen molar-refractivity contribution < 1.29 is 4.79 Å². The number of nitrogens with one attached hydrogen (secondary N) is 2. The average Bonchev–Trinajstić information content (AvgIpc) is 2.55. The van der Waals surface area contributed by atoms with Crippen molar-refractivity contribution in [2.45, 2.75) is 0 Å². The van der Waals surface area contributed by atoms with E-state index in [2.05, 4.69) is 31.8 Å². The second-order valence-corrected chi connectivity index (χ2v) is 4.40. The minimum atomic E-state index is -0.438. The first-order valence-electron chi connectivity index (χ1n) is 6.43. The first kappa shape index (κ1) is 13.6. The second kappa shape index (κ2) is 5.57. The summed E-state index contributed by atoms with van der Waals surface area (Å²) in [5.41, 5.74) is 0.624. The fourth-order valence-corrected chi connectivity index (χ4v) is 1.88. The smallest absolute Gasteiger partial charge is 0.262 e. The Morgan fingerprint density at radius 3 is 2.73 bits per heavy atom. The molecule has 22 heavy (non-hydrogen) atoms. The number of aromatic nitrogens is 4. The zero-order valence-corrected chi connectivity index (χ0v) is 11.4. The van der Waals surface area contributed by atoms with Crippen LogP contribution in [0.5, 0.6) is 0 Å². The Kier molecular flexibility index (Phi) is 3.45. The molecular weight excluding hydrogens is 282 g/mol. The molecule has 3 aromatic rings. The lowest BCUT2D eigenvalue weighted by Crippen LogP contribution is -2.14. The molecule has 3 rings (SSSR count). The average molecular weight is 293 g/mol. The highest BCUT2D eigenvalue weighted by atomic mass is 16.1. The van der Waals surface area contributed by atoms with E-state index in [-0.39, 0.29) is 22.5 Å². The van der Waals surface area contributed by atoms with Crippen molar-refractivity contribution in [3.63, 3.8) is 0 Å². The number of aromatic amines is 1. The maximum absolute atomic E-state index is 12.1. The number of benzene rings is 1. The Hall–Kier alpha value is -3.35. The predicted octanol–water partition coefficient (Wildman–Crippen LogP) is 1.50. The molecule has 0 fully saturated rings. The molecular formula is C15H11N5O2. The standard InChI is InChI=1S/C15H11N5O2/c1-2-11(21)17-15-16-8-10-13(20-15)18-12(19-14(10)22)9-6-4-3-5-7-9/h2-8H,1H2,(H2,16,17,18,19,20,21,22). The summed E-state index contributed by atoms with van der Waals surface area (Å²) in [4.78, 5) is 38.4. The zero-order valence-electron chi connectivity index (χ0n) is 11.4. The molecule has 0 aliphatic heterocycles. The van der Waals surface area contributed by atoms with Crippen LogP contribution in [0.2, 0.25) is 0 Å². The van der Waals surface area contributed by atoms with E-state index in [1.54, 1.807) is 0 Å². The highest BCUT2D eigenvalue weighted by molar-refractivity contribution is 5.98. The van der Waals surface area contributed by atoms with Gasteiger partial charge in [-0.1, -0.05) is 36.9 Å². The molecule has 7 nitrogen and oxygen atoms in total. The molecule has 1 aromatic carbocycles. The molecule has 0 unspecified atom stereocenters. The van der Waals surface area contributed by atoms with Gasteiger partial charge in [-0.25, -0.2) is 9.97 Å². The Morgan fingerprint density at radius 1 is 1.23 bits per heavy atom. The van der Waals surface area contributed by atoms with Crippen LogP contribution in [0.1, 0.15) is 0 Å². The molecule has 0 spiro atoms. The van der Waals surface area contributed by atoms with Crippen molar-refractivity contribution in [1.82, 2.24) is 19.9 Å². The Morgan fingerprint density at radius 2 is 2.00 bits per heavy atom. The van der Waals surface area contributed by atoms with Crippen LogP contribution in [0.15, 0.2) is 54.0 Å². The topological polar surface area (TPSA) is 101 Å². The summed E-state index contributed by atoms with van der Waals surface area (Å²) in [6.07, 6.45) is 2.43. The molecule has 0 atom stereocenters. The SMILES string of the molecule is C=CC(=O)Nc1ncc2c(=O)[nH]c(-c3ccccc3)nc2n1. The number of hydrogen-bond acceptors (Lipinski definition) is 5. The summed E-state index contributed by atoms with van der Waals surface area (Å²) in [7, 11) is 0. The first-order chi connectivity index (χ1) is 10.7. The number of H-pyrrole nitrogens is 1. The van der Waals surface area contributed by atoms with Gasteiger partial charge in [0.1, 0.15) is 11.2 Å². The number of carbonyl (C=O) groups is 1. The van der Waals surface area contributed by atoms with Crippen molar-refractivity contribution in [2.24, 2.45) is 0 Å². The van der Waals surface area contributed by atoms with E-state index in [4.69, 9.17) is 0 Å². The third kappa shape index (κ3) is 2.59. The summed E-state index contributed by atoms with van der Waals surface area (Å²) in [5, 5.41) is 2.68. The number of fused-ring (bicyclic) bond motifs is 1. The van der Waals surface area contributed by atoms with Gasteiger partial charge in [0.05, 0.1) is 0 Å². The van der Waals surface area contributed by atoms with Crippen LogP contribution in [-0.2, 0) is 4.79 Å². The zero-order chi connectivity index (χ0) is 15.5. The number of anilines is 1. The van der Waals surface area contributed by atoms with E-state index in [1.807, 2.05) is 30.3 Å². The van der Waals surface area contributed by atoms with E-state index >= 15 is 0 Å². The fraction of sp³-hybridized carbons (Fsp3) is 0. The molecule has 2 aromatic heterocycles. The molecule has 0 saturated carbocycles. The van der Waals surface area contributed by atoms with E-state index in [0.29, 0.717) is 5.82 Å². The lowest BCUT2D eigenvalue weighted by Gasteiger charge is -2.04. The van der Waals surface area contributed by atoms with Crippen LogP contribution in [0, 0.1) is 0 Å². The van der Waals surface area contributed by atoms with Gasteiger partial charge in [-0.2, -0.15) is 4.98 Å². The van der Waals surface area contributed by atoms with E-state index < -0.39 is 5.91 Å². The molecule has 0 aliphatic rings. The van der Waals surface area contributed by atoms with Crippen LogP contribution in [0.25, 0.3) is 22.4 Å². The number of hydrogen-bond donors (Lipinski definition) is 2. The highest BCUT2D eigenvalue weighted by Crippen LogP contribution is 2.15. The second-order valence-electron chi connectivity index (χ2n) is 4.40. The summed E-state index contributed by atoms with van der Waals surface area (Å²) in [5.74, 6) is 0.0276. The predicted molar refractivity (Wildman–Crippen MR) is 82.2 cm³/mol. The lowest BCUT2D eigenvalue weighted by atomic mass is 10.2. The molecule has 1 amide bonds. The van der Waals surface area contributed by atoms with Crippen molar-refractivity contribution in [2.75, 3.05) is 5.32 Å². The van der Waals surface area contributed by atoms with Crippen LogP contribution in [-0.4, -0.2) is 25.8 Å². The van der Waals surface area contributed by atoms with Crippen molar-refractivity contribution in [1.29, 1.82) is 0 Å². The normalized spacial score (nSPS) is 10.4. The van der Waals surface area contributed by atoms with E-state index in [1.165, 1.54) is 6.20 Å². The van der Waals surface area contributed by atoms with Crippen molar-refractivity contribution in [3.05, 3.63) is 59.5 Å². The summed E-state index contributed by atoms with van der Waals surface area (Å²) in [6, 6.07) is 9.20. The van der Waals surface area contributed by atoms with E-state index in [9.17, 15) is 9.59 Å². The number of rotatable bonds is 3. The molecule has 108 valence electrons. The Bertz CT molecular complexity index is 918. The highest BCUT2D eigenvalue weighted by Gasteiger charge is 2.09. The molecule has 0 bridgehead atoms. The summed E-state index contributed by atoms with van der Waals surface area (Å²) < 4.78 is 0. The summed E-state index contributed by atoms with van der Waals surface area (Å²) in [6.45, 7) is 3.35. The monoisotopic (exact) mass is 293 g/mol. The Labute approximate surface area is 124 Å². The number of nitrogens with zero attached hydrogens (tertiary/aromatic N) is 3. The molecule has 2 N–H and O–H groups in total. The molecule has 7 heteroatoms. The van der Waals surface area contributed by atoms with Gasteiger partial charge >= 0.3 is 0 Å². The fourth-order valence-electron chi connectivity index (χ4n) is 1.88. The largest absolute Gasteiger partial charge is 0.306 e. The van der Waals surface area contributed by atoms with Crippen molar-refractivity contribution in [3.8, 4) is 11.4 Å². The maximum Gasteiger partial charge on any atom is 0.262 e. The van der Waals surface area contributed by atoms with Gasteiger partial charge in [-0.05, 0) is 6.08 Å². The molecule has 2 heterocycles. The van der Waals surface area contributed by atoms with E-state index in [0.717, 1.165) is 11.6 Å². The van der Waals surface area contributed by atoms with Crippen LogP contribution in [0.3, 0.4) is 0 Å². The number of amides is 1. The lowest BCUT2D eigenvalue weighted by molar-refractivity contribution is -0.111. The van der Waals surface area contributed by atoms with Gasteiger partial charge in [0.2, 0.25) is 11.9 Å². The van der Waals surface area contributed by atoms with Gasteiger partial charge in [-0.15, -0.1) is 0 Å². The minimum absolute atomic E-state index is 0.0644. The van der Waals surface area contributed by atoms with Crippen LogP contribution < -0.4 is 10.9 Å². The third-order valence-corrected chi connectivity index (χ3v) is 2.93. The molecule has 0 aliphatic carbocycles. The molecule has 0 saturated heterocycles. The number of carbonyl (C=O) groups excluding carboxylic acids is 1.